The fraction of sp³-hybridized carbons (Fsp3) is 0.167. The Bertz CT molecular complexity index is 917. The lowest BCUT2D eigenvalue weighted by Gasteiger charge is -2.15. The van der Waals surface area contributed by atoms with Gasteiger partial charge in [0.25, 0.3) is 0 Å². The summed E-state index contributed by atoms with van der Waals surface area (Å²) >= 11 is 3.80. The van der Waals surface area contributed by atoms with Crippen LogP contribution < -0.4 is 4.74 Å². The summed E-state index contributed by atoms with van der Waals surface area (Å²) in [4.78, 5) is 2.09. The van der Waals surface area contributed by atoms with E-state index in [2.05, 4.69) is 45.1 Å². The van der Waals surface area contributed by atoms with Gasteiger partial charge in [0.15, 0.2) is 0 Å². The molecular formula is C24H24BrNO2. The third-order valence-corrected chi connectivity index (χ3v) is 5.21. The molecule has 0 radical (unpaired) electrons. The highest BCUT2D eigenvalue weighted by molar-refractivity contribution is 9.15. The summed E-state index contributed by atoms with van der Waals surface area (Å²) in [7, 11) is 4.06. The van der Waals surface area contributed by atoms with Crippen LogP contribution in [-0.2, 0) is 0 Å². The molecule has 0 spiro atoms. The fourth-order valence-electron chi connectivity index (χ4n) is 2.84. The van der Waals surface area contributed by atoms with Gasteiger partial charge in [-0.1, -0.05) is 54.6 Å². The van der Waals surface area contributed by atoms with Gasteiger partial charge in [-0.3, -0.25) is 0 Å². The van der Waals surface area contributed by atoms with Crippen LogP contribution in [0.2, 0.25) is 0 Å². The van der Waals surface area contributed by atoms with Gasteiger partial charge in [-0.15, -0.1) is 0 Å². The van der Waals surface area contributed by atoms with Crippen molar-refractivity contribution in [2.75, 3.05) is 27.2 Å². The van der Waals surface area contributed by atoms with Crippen molar-refractivity contribution >= 4 is 26.0 Å². The van der Waals surface area contributed by atoms with Crippen LogP contribution in [0.15, 0.2) is 78.9 Å². The average Bonchev–Trinajstić information content (AvgIpc) is 2.71. The van der Waals surface area contributed by atoms with Crippen LogP contribution in [-0.4, -0.2) is 37.3 Å². The van der Waals surface area contributed by atoms with Gasteiger partial charge in [0.1, 0.15) is 18.1 Å². The van der Waals surface area contributed by atoms with E-state index in [-0.39, 0.29) is 5.75 Å². The molecule has 0 saturated heterocycles. The highest BCUT2D eigenvalue weighted by Gasteiger charge is 2.12. The number of phenolic OH excluding ortho intramolecular Hbond substituents is 1. The Hall–Kier alpha value is -2.56. The van der Waals surface area contributed by atoms with Crippen molar-refractivity contribution in [3.63, 3.8) is 0 Å². The van der Waals surface area contributed by atoms with E-state index in [1.54, 1.807) is 12.1 Å². The van der Waals surface area contributed by atoms with Crippen molar-refractivity contribution in [2.45, 2.75) is 0 Å². The molecule has 144 valence electrons. The summed E-state index contributed by atoms with van der Waals surface area (Å²) in [5, 5.41) is 9.67. The number of ether oxygens (including phenoxy) is 1. The molecule has 0 aromatic heterocycles. The molecule has 0 unspecified atom stereocenters. The summed E-state index contributed by atoms with van der Waals surface area (Å²) in [6, 6.07) is 25.6. The normalized spacial score (nSPS) is 12.0. The van der Waals surface area contributed by atoms with Crippen molar-refractivity contribution in [2.24, 2.45) is 0 Å². The molecule has 4 heteroatoms. The van der Waals surface area contributed by atoms with Gasteiger partial charge >= 0.3 is 0 Å². The van der Waals surface area contributed by atoms with Gasteiger partial charge in [-0.2, -0.15) is 0 Å². The maximum atomic E-state index is 9.67. The molecule has 0 bridgehead atoms. The SMILES string of the molecule is CN(C)CCOc1ccc(/C(=C(/Br)c2ccccc2)c2ccc(O)cc2)cc1. The van der Waals surface area contributed by atoms with E-state index in [0.29, 0.717) is 6.61 Å². The molecule has 28 heavy (non-hydrogen) atoms. The number of hydrogen-bond donors (Lipinski definition) is 1. The van der Waals surface area contributed by atoms with Gasteiger partial charge in [-0.05, 0) is 71.0 Å². The predicted octanol–water partition coefficient (Wildman–Crippen LogP) is 5.64. The topological polar surface area (TPSA) is 32.7 Å². The maximum Gasteiger partial charge on any atom is 0.119 e. The van der Waals surface area contributed by atoms with Gasteiger partial charge in [0.05, 0.1) is 0 Å². The minimum absolute atomic E-state index is 0.253. The lowest BCUT2D eigenvalue weighted by molar-refractivity contribution is 0.261. The van der Waals surface area contributed by atoms with Crippen LogP contribution in [0.25, 0.3) is 10.1 Å². The van der Waals surface area contributed by atoms with Crippen molar-refractivity contribution in [3.8, 4) is 11.5 Å². The summed E-state index contributed by atoms with van der Waals surface area (Å²) in [5.41, 5.74) is 4.25. The zero-order valence-electron chi connectivity index (χ0n) is 16.1. The summed E-state index contributed by atoms with van der Waals surface area (Å²) < 4.78 is 6.82. The number of rotatable bonds is 7. The number of halogens is 1. The number of benzene rings is 3. The molecule has 3 aromatic carbocycles. The van der Waals surface area contributed by atoms with E-state index in [0.717, 1.165) is 39.0 Å². The quantitative estimate of drug-likeness (QED) is 0.485. The van der Waals surface area contributed by atoms with Crippen LogP contribution in [0, 0.1) is 0 Å². The Morgan fingerprint density at radius 1 is 0.821 bits per heavy atom. The standard InChI is InChI=1S/C24H24BrNO2/c1-26(2)16-17-28-22-14-10-19(11-15-22)23(18-8-12-21(27)13-9-18)24(25)20-6-4-3-5-7-20/h3-15,27H,16-17H2,1-2H3/b24-23+. The molecule has 0 aliphatic carbocycles. The summed E-state index contributed by atoms with van der Waals surface area (Å²) in [6.07, 6.45) is 0. The van der Waals surface area contributed by atoms with Crippen LogP contribution in [0.4, 0.5) is 0 Å². The zero-order chi connectivity index (χ0) is 19.9. The van der Waals surface area contributed by atoms with E-state index in [1.165, 1.54) is 0 Å². The number of likely N-dealkylation sites (N-methyl/N-ethyl adjacent to an activating group) is 1. The van der Waals surface area contributed by atoms with E-state index in [4.69, 9.17) is 4.74 Å². The lowest BCUT2D eigenvalue weighted by Crippen LogP contribution is -2.19. The smallest absolute Gasteiger partial charge is 0.119 e. The Kier molecular flexibility index (Phi) is 6.90. The third-order valence-electron chi connectivity index (χ3n) is 4.35. The van der Waals surface area contributed by atoms with E-state index in [9.17, 15) is 5.11 Å². The minimum Gasteiger partial charge on any atom is -0.508 e. The Balaban J connectivity index is 1.97. The molecule has 3 rings (SSSR count). The molecule has 3 nitrogen and oxygen atoms in total. The van der Waals surface area contributed by atoms with E-state index >= 15 is 0 Å². The largest absolute Gasteiger partial charge is 0.508 e. The van der Waals surface area contributed by atoms with Crippen molar-refractivity contribution < 1.29 is 9.84 Å². The minimum atomic E-state index is 0.253. The highest BCUT2D eigenvalue weighted by atomic mass is 79.9. The Labute approximate surface area is 175 Å². The fourth-order valence-corrected chi connectivity index (χ4v) is 3.56. The first-order valence-corrected chi connectivity index (χ1v) is 9.96. The monoisotopic (exact) mass is 437 g/mol. The van der Waals surface area contributed by atoms with Crippen LogP contribution in [0.3, 0.4) is 0 Å². The average molecular weight is 438 g/mol. The molecule has 0 fully saturated rings. The van der Waals surface area contributed by atoms with Crippen LogP contribution >= 0.6 is 15.9 Å². The second-order valence-corrected chi connectivity index (χ2v) is 7.57. The van der Waals surface area contributed by atoms with Gasteiger partial charge in [0.2, 0.25) is 0 Å². The number of aromatic hydroxyl groups is 1. The zero-order valence-corrected chi connectivity index (χ0v) is 17.7. The first-order valence-electron chi connectivity index (χ1n) is 9.17. The summed E-state index contributed by atoms with van der Waals surface area (Å²) in [5.74, 6) is 1.11. The second kappa shape index (κ2) is 9.58. The molecule has 0 atom stereocenters. The Morgan fingerprint density at radius 3 is 1.96 bits per heavy atom. The van der Waals surface area contributed by atoms with Gasteiger partial charge in [0, 0.05) is 16.6 Å². The molecule has 0 aliphatic heterocycles. The highest BCUT2D eigenvalue weighted by Crippen LogP contribution is 2.37. The van der Waals surface area contributed by atoms with Gasteiger partial charge < -0.3 is 14.7 Å². The third kappa shape index (κ3) is 5.24. The van der Waals surface area contributed by atoms with Crippen LogP contribution in [0.1, 0.15) is 16.7 Å². The van der Waals surface area contributed by atoms with E-state index < -0.39 is 0 Å². The van der Waals surface area contributed by atoms with Crippen LogP contribution in [0.5, 0.6) is 11.5 Å². The van der Waals surface area contributed by atoms with Crippen molar-refractivity contribution in [1.82, 2.24) is 4.90 Å². The lowest BCUT2D eigenvalue weighted by atomic mass is 9.95. The van der Waals surface area contributed by atoms with E-state index in [1.807, 2.05) is 56.6 Å². The Morgan fingerprint density at radius 2 is 1.39 bits per heavy atom. The first kappa shape index (κ1) is 20.2. The molecule has 1 N–H and O–H groups in total. The van der Waals surface area contributed by atoms with Crippen molar-refractivity contribution in [1.29, 1.82) is 0 Å². The molecule has 0 saturated carbocycles. The summed E-state index contributed by atoms with van der Waals surface area (Å²) in [6.45, 7) is 1.53. The molecule has 0 aliphatic rings. The molecule has 0 amide bonds. The first-order chi connectivity index (χ1) is 13.5. The predicted molar refractivity (Wildman–Crippen MR) is 120 cm³/mol. The number of hydrogen-bond acceptors (Lipinski definition) is 3. The number of phenols is 1. The molecule has 3 aromatic rings. The van der Waals surface area contributed by atoms with Crippen molar-refractivity contribution in [3.05, 3.63) is 95.6 Å². The van der Waals surface area contributed by atoms with Gasteiger partial charge in [-0.25, -0.2) is 0 Å². The second-order valence-electron chi connectivity index (χ2n) is 6.78. The number of nitrogens with zero attached hydrogens (tertiary/aromatic N) is 1. The molecule has 0 heterocycles. The maximum absolute atomic E-state index is 9.67. The molecular weight excluding hydrogens is 414 g/mol.